The Bertz CT molecular complexity index is 1240. The molecule has 32 heavy (non-hydrogen) atoms. The maximum Gasteiger partial charge on any atom is 0.335 e. The van der Waals surface area contributed by atoms with Gasteiger partial charge in [-0.25, -0.2) is 4.79 Å². The molecule has 0 radical (unpaired) electrons. The Hall–Kier alpha value is -3.41. The first-order valence-electron chi connectivity index (χ1n) is 11.1. The maximum atomic E-state index is 13.1. The Balaban J connectivity index is 1.43. The quantitative estimate of drug-likeness (QED) is 0.611. The normalized spacial score (nSPS) is 17.7. The molecule has 0 saturated carbocycles. The molecule has 2 aromatic carbocycles. The van der Waals surface area contributed by atoms with Crippen molar-refractivity contribution in [2.75, 3.05) is 0 Å². The van der Waals surface area contributed by atoms with Crippen LogP contribution in [0.3, 0.4) is 0 Å². The summed E-state index contributed by atoms with van der Waals surface area (Å²) in [5.41, 5.74) is 7.58. The topological polar surface area (TPSA) is 86.3 Å². The second kappa shape index (κ2) is 7.33. The number of carbonyl (C=O) groups excluding carboxylic acids is 1. The Labute approximate surface area is 187 Å². The Morgan fingerprint density at radius 2 is 2.03 bits per heavy atom. The van der Waals surface area contributed by atoms with Gasteiger partial charge in [0.05, 0.1) is 17.3 Å². The van der Waals surface area contributed by atoms with Crippen molar-refractivity contribution in [2.45, 2.75) is 52.6 Å². The van der Waals surface area contributed by atoms with E-state index in [9.17, 15) is 14.7 Å². The number of H-pyrrole nitrogens is 1. The van der Waals surface area contributed by atoms with Gasteiger partial charge in [0.1, 0.15) is 0 Å². The first-order valence-corrected chi connectivity index (χ1v) is 11.1. The molecule has 0 bridgehead atoms. The van der Waals surface area contributed by atoms with E-state index in [0.29, 0.717) is 12.1 Å². The molecule has 1 aromatic heterocycles. The fourth-order valence-corrected chi connectivity index (χ4v) is 5.00. The highest BCUT2D eigenvalue weighted by Gasteiger charge is 2.33. The van der Waals surface area contributed by atoms with Gasteiger partial charge in [0.25, 0.3) is 5.91 Å². The fourth-order valence-electron chi connectivity index (χ4n) is 5.00. The number of aromatic nitrogens is 2. The van der Waals surface area contributed by atoms with Crippen LogP contribution in [0, 0.1) is 5.41 Å². The van der Waals surface area contributed by atoms with Crippen LogP contribution in [0.2, 0.25) is 0 Å². The van der Waals surface area contributed by atoms with Gasteiger partial charge in [-0.05, 0) is 67.0 Å². The lowest BCUT2D eigenvalue weighted by atomic mass is 9.76. The lowest BCUT2D eigenvalue weighted by Crippen LogP contribution is -2.27. The minimum Gasteiger partial charge on any atom is -0.478 e. The summed E-state index contributed by atoms with van der Waals surface area (Å²) < 4.78 is 0. The predicted molar refractivity (Wildman–Crippen MR) is 122 cm³/mol. The number of nitrogens with one attached hydrogen (secondary N) is 1. The molecular formula is C26H27N3O3. The number of amides is 1. The summed E-state index contributed by atoms with van der Waals surface area (Å²) in [6.07, 6.45) is 3.14. The third kappa shape index (κ3) is 3.40. The lowest BCUT2D eigenvalue weighted by molar-refractivity contribution is 0.0696. The molecule has 2 aliphatic rings. The van der Waals surface area contributed by atoms with Crippen molar-refractivity contribution in [1.29, 1.82) is 0 Å². The first kappa shape index (κ1) is 20.5. The first-order chi connectivity index (χ1) is 15.2. The number of rotatable bonds is 4. The number of hydrogen-bond acceptors (Lipinski definition) is 3. The van der Waals surface area contributed by atoms with E-state index in [4.69, 9.17) is 0 Å². The smallest absolute Gasteiger partial charge is 0.335 e. The van der Waals surface area contributed by atoms with Crippen molar-refractivity contribution in [3.63, 3.8) is 0 Å². The molecule has 6 heteroatoms. The molecule has 2 heterocycles. The predicted octanol–water partition coefficient (Wildman–Crippen LogP) is 5.01. The molecule has 2 N–H and O–H groups in total. The molecule has 0 spiro atoms. The van der Waals surface area contributed by atoms with E-state index in [1.54, 1.807) is 23.1 Å². The molecule has 1 amide bonds. The van der Waals surface area contributed by atoms with E-state index < -0.39 is 5.97 Å². The van der Waals surface area contributed by atoms with Gasteiger partial charge in [0, 0.05) is 28.9 Å². The largest absolute Gasteiger partial charge is 0.478 e. The monoisotopic (exact) mass is 429 g/mol. The van der Waals surface area contributed by atoms with Gasteiger partial charge in [0.15, 0.2) is 0 Å². The van der Waals surface area contributed by atoms with Crippen LogP contribution >= 0.6 is 0 Å². The zero-order chi connectivity index (χ0) is 22.6. The minimum atomic E-state index is -0.967. The standard InChI is InChI=1S/C26H27N3O3/c1-15(16-5-4-6-18(11-16)25(31)32)29-14-19-12-17(7-8-20(19)24(29)30)23-21-9-10-26(2,3)13-22(21)27-28-23/h4-8,11-12,15H,9-10,13-14H2,1-3H3,(H,27,28)(H,31,32)/t15-/m1/s1. The molecule has 1 atom stereocenters. The molecular weight excluding hydrogens is 402 g/mol. The summed E-state index contributed by atoms with van der Waals surface area (Å²) in [5.74, 6) is -0.990. The molecule has 5 rings (SSSR count). The third-order valence-electron chi connectivity index (χ3n) is 6.95. The van der Waals surface area contributed by atoms with Crippen LogP contribution in [0.15, 0.2) is 42.5 Å². The molecule has 1 aliphatic heterocycles. The molecule has 1 aliphatic carbocycles. The van der Waals surface area contributed by atoms with Crippen molar-refractivity contribution in [1.82, 2.24) is 15.1 Å². The second-order valence-electron chi connectivity index (χ2n) is 9.78. The van der Waals surface area contributed by atoms with Gasteiger partial charge in [-0.2, -0.15) is 5.10 Å². The van der Waals surface area contributed by atoms with E-state index in [-0.39, 0.29) is 22.9 Å². The number of aromatic amines is 1. The van der Waals surface area contributed by atoms with E-state index in [1.165, 1.54) is 11.3 Å². The number of fused-ring (bicyclic) bond motifs is 2. The van der Waals surface area contributed by atoms with Gasteiger partial charge in [-0.3, -0.25) is 9.89 Å². The number of carboxylic acid groups (broad SMARTS) is 1. The summed E-state index contributed by atoms with van der Waals surface area (Å²) in [6, 6.07) is 12.6. The summed E-state index contributed by atoms with van der Waals surface area (Å²) in [4.78, 5) is 26.3. The Kier molecular flexibility index (Phi) is 4.69. The van der Waals surface area contributed by atoms with Crippen LogP contribution in [0.4, 0.5) is 0 Å². The average molecular weight is 430 g/mol. The molecule has 6 nitrogen and oxygen atoms in total. The molecule has 0 fully saturated rings. The second-order valence-corrected chi connectivity index (χ2v) is 9.78. The van der Waals surface area contributed by atoms with E-state index in [2.05, 4.69) is 30.1 Å². The zero-order valence-corrected chi connectivity index (χ0v) is 18.6. The molecule has 164 valence electrons. The number of aromatic carboxylic acids is 1. The summed E-state index contributed by atoms with van der Waals surface area (Å²) in [5, 5.41) is 17.2. The summed E-state index contributed by atoms with van der Waals surface area (Å²) in [6.45, 7) is 7.02. The van der Waals surface area contributed by atoms with Gasteiger partial charge in [-0.1, -0.05) is 32.0 Å². The highest BCUT2D eigenvalue weighted by Crippen LogP contribution is 2.39. The average Bonchev–Trinajstić information content (AvgIpc) is 3.32. The van der Waals surface area contributed by atoms with Crippen molar-refractivity contribution < 1.29 is 14.7 Å². The van der Waals surface area contributed by atoms with E-state index >= 15 is 0 Å². The number of carboxylic acids is 1. The highest BCUT2D eigenvalue weighted by molar-refractivity contribution is 5.99. The molecule has 3 aromatic rings. The van der Waals surface area contributed by atoms with Gasteiger partial charge >= 0.3 is 5.97 Å². The highest BCUT2D eigenvalue weighted by atomic mass is 16.4. The van der Waals surface area contributed by atoms with Crippen molar-refractivity contribution >= 4 is 11.9 Å². The van der Waals surface area contributed by atoms with E-state index in [0.717, 1.165) is 41.6 Å². The molecule has 0 unspecified atom stereocenters. The van der Waals surface area contributed by atoms with Crippen molar-refractivity contribution in [3.05, 3.63) is 76.0 Å². The van der Waals surface area contributed by atoms with Gasteiger partial charge in [0.2, 0.25) is 0 Å². The van der Waals surface area contributed by atoms with Crippen LogP contribution in [0.1, 0.15) is 76.3 Å². The SMILES string of the molecule is C[C@H](c1cccc(C(=O)O)c1)N1Cc2cc(-c3n[nH]c4c3CCC(C)(C)C4)ccc2C1=O. The zero-order valence-electron chi connectivity index (χ0n) is 18.6. The summed E-state index contributed by atoms with van der Waals surface area (Å²) in [7, 11) is 0. The number of carbonyl (C=O) groups is 2. The number of nitrogens with zero attached hydrogens (tertiary/aromatic N) is 2. The van der Waals surface area contributed by atoms with Crippen LogP contribution in [-0.4, -0.2) is 32.1 Å². The maximum absolute atomic E-state index is 13.1. The van der Waals surface area contributed by atoms with E-state index in [1.807, 2.05) is 25.1 Å². The van der Waals surface area contributed by atoms with Crippen LogP contribution in [0.25, 0.3) is 11.3 Å². The van der Waals surface area contributed by atoms with Crippen molar-refractivity contribution in [2.24, 2.45) is 5.41 Å². The van der Waals surface area contributed by atoms with Crippen LogP contribution in [-0.2, 0) is 19.4 Å². The number of benzene rings is 2. The minimum absolute atomic E-state index is 0.0226. The summed E-state index contributed by atoms with van der Waals surface area (Å²) >= 11 is 0. The van der Waals surface area contributed by atoms with Crippen molar-refractivity contribution in [3.8, 4) is 11.3 Å². The Morgan fingerprint density at radius 1 is 1.22 bits per heavy atom. The van der Waals surface area contributed by atoms with Gasteiger partial charge < -0.3 is 10.0 Å². The Morgan fingerprint density at radius 3 is 2.81 bits per heavy atom. The fraction of sp³-hybridized carbons (Fsp3) is 0.346. The van der Waals surface area contributed by atoms with Gasteiger partial charge in [-0.15, -0.1) is 0 Å². The van der Waals surface area contributed by atoms with Crippen LogP contribution in [0.5, 0.6) is 0 Å². The molecule has 0 saturated heterocycles. The van der Waals surface area contributed by atoms with Crippen LogP contribution < -0.4 is 0 Å². The lowest BCUT2D eigenvalue weighted by Gasteiger charge is -2.29. The number of hydrogen-bond donors (Lipinski definition) is 2. The third-order valence-corrected chi connectivity index (χ3v) is 6.95.